The smallest absolute Gasteiger partial charge is 0.242 e. The number of carbonyl (C=O) groups is 2. The van der Waals surface area contributed by atoms with Gasteiger partial charge in [-0.2, -0.15) is 0 Å². The molecule has 1 fully saturated rings. The molecule has 0 aliphatic carbocycles. The quantitative estimate of drug-likeness (QED) is 0.507. The second-order valence-corrected chi connectivity index (χ2v) is 6.90. The molecule has 0 spiro atoms. The summed E-state index contributed by atoms with van der Waals surface area (Å²) in [5.74, 6) is 0.183. The van der Waals surface area contributed by atoms with Crippen LogP contribution in [0.4, 0.5) is 0 Å². The molecule has 0 aromatic heterocycles. The Kier molecular flexibility index (Phi) is 11.5. The number of nitrogens with two attached hydrogens (primary N) is 1. The summed E-state index contributed by atoms with van der Waals surface area (Å²) in [6, 6.07) is -0.243. The summed E-state index contributed by atoms with van der Waals surface area (Å²) < 4.78 is 0. The number of carbonyl (C=O) groups excluding carboxylic acids is 2. The Hall–Kier alpha value is -1.10. The Morgan fingerprint density at radius 2 is 1.75 bits per heavy atom. The number of amides is 2. The third-order valence-corrected chi connectivity index (χ3v) is 4.80. The molecule has 140 valence electrons. The van der Waals surface area contributed by atoms with Crippen LogP contribution in [0.3, 0.4) is 0 Å². The summed E-state index contributed by atoms with van der Waals surface area (Å²) in [6.07, 6.45) is 12.4. The third-order valence-electron chi connectivity index (χ3n) is 4.80. The van der Waals surface area contributed by atoms with Gasteiger partial charge in [-0.15, -0.1) is 0 Å². The zero-order chi connectivity index (χ0) is 17.6. The second kappa shape index (κ2) is 13.2. The molecule has 3 N–H and O–H groups in total. The lowest BCUT2D eigenvalue weighted by Crippen LogP contribution is -2.46. The van der Waals surface area contributed by atoms with Crippen molar-refractivity contribution in [2.75, 3.05) is 19.6 Å². The molecule has 0 unspecified atom stereocenters. The molecule has 1 atom stereocenters. The molecule has 0 aromatic carbocycles. The molecule has 1 saturated heterocycles. The first-order chi connectivity index (χ1) is 11.7. The van der Waals surface area contributed by atoms with Gasteiger partial charge < -0.3 is 16.0 Å². The van der Waals surface area contributed by atoms with E-state index < -0.39 is 0 Å². The molecule has 5 heteroatoms. The molecule has 2 amide bonds. The molecule has 1 heterocycles. The minimum atomic E-state index is -0.243. The van der Waals surface area contributed by atoms with E-state index in [2.05, 4.69) is 12.2 Å². The van der Waals surface area contributed by atoms with E-state index in [0.29, 0.717) is 19.5 Å². The van der Waals surface area contributed by atoms with Crippen LogP contribution in [0.1, 0.15) is 84.0 Å². The first-order valence-electron chi connectivity index (χ1n) is 9.98. The van der Waals surface area contributed by atoms with E-state index in [4.69, 9.17) is 5.73 Å². The summed E-state index contributed by atoms with van der Waals surface area (Å²) in [4.78, 5) is 26.5. The highest BCUT2D eigenvalue weighted by atomic mass is 16.2. The Bertz CT molecular complexity index is 361. The number of unbranched alkanes of at least 4 members (excludes halogenated alkanes) is 7. The number of nitrogens with one attached hydrogen (secondary N) is 1. The van der Waals surface area contributed by atoms with Crippen LogP contribution < -0.4 is 11.1 Å². The van der Waals surface area contributed by atoms with Gasteiger partial charge in [0.1, 0.15) is 6.04 Å². The van der Waals surface area contributed by atoms with Crippen molar-refractivity contribution >= 4 is 11.8 Å². The molecule has 24 heavy (non-hydrogen) atoms. The van der Waals surface area contributed by atoms with Crippen LogP contribution in [-0.2, 0) is 9.59 Å². The zero-order valence-corrected chi connectivity index (χ0v) is 15.5. The molecule has 0 radical (unpaired) electrons. The van der Waals surface area contributed by atoms with Crippen LogP contribution in [-0.4, -0.2) is 42.4 Å². The highest BCUT2D eigenvalue weighted by molar-refractivity contribution is 5.88. The van der Waals surface area contributed by atoms with Crippen molar-refractivity contribution in [1.29, 1.82) is 0 Å². The van der Waals surface area contributed by atoms with Crippen molar-refractivity contribution in [3.8, 4) is 0 Å². The van der Waals surface area contributed by atoms with Gasteiger partial charge in [0.25, 0.3) is 0 Å². The highest BCUT2D eigenvalue weighted by Gasteiger charge is 2.33. The van der Waals surface area contributed by atoms with Crippen LogP contribution >= 0.6 is 0 Å². The van der Waals surface area contributed by atoms with Crippen LogP contribution in [0.25, 0.3) is 0 Å². The lowest BCUT2D eigenvalue weighted by atomic mass is 10.1. The number of rotatable bonds is 13. The van der Waals surface area contributed by atoms with E-state index in [1.807, 2.05) is 0 Å². The Morgan fingerprint density at radius 3 is 2.50 bits per heavy atom. The van der Waals surface area contributed by atoms with Gasteiger partial charge in [0.2, 0.25) is 11.8 Å². The monoisotopic (exact) mass is 339 g/mol. The van der Waals surface area contributed by atoms with Gasteiger partial charge >= 0.3 is 0 Å². The number of hydrogen-bond donors (Lipinski definition) is 2. The van der Waals surface area contributed by atoms with Crippen molar-refractivity contribution in [2.24, 2.45) is 5.73 Å². The molecule has 0 bridgehead atoms. The van der Waals surface area contributed by atoms with Crippen molar-refractivity contribution in [3.63, 3.8) is 0 Å². The van der Waals surface area contributed by atoms with Gasteiger partial charge in [0.05, 0.1) is 0 Å². The Balaban J connectivity index is 2.22. The number of hydrogen-bond acceptors (Lipinski definition) is 3. The lowest BCUT2D eigenvalue weighted by Gasteiger charge is -2.24. The fourth-order valence-corrected chi connectivity index (χ4v) is 3.31. The van der Waals surface area contributed by atoms with E-state index in [-0.39, 0.29) is 17.9 Å². The van der Waals surface area contributed by atoms with Crippen molar-refractivity contribution in [3.05, 3.63) is 0 Å². The Morgan fingerprint density at radius 1 is 1.04 bits per heavy atom. The molecule has 0 saturated carbocycles. The standard InChI is InChI=1S/C19H37N3O2/c1-2-3-4-5-6-8-13-18(23)22-16-11-12-17(22)19(24)21-15-10-7-9-14-20/h17H,2-16,20H2,1H3,(H,21,24)/t17-/m1/s1. The van der Waals surface area contributed by atoms with Crippen molar-refractivity contribution in [1.82, 2.24) is 10.2 Å². The van der Waals surface area contributed by atoms with Gasteiger partial charge in [-0.3, -0.25) is 9.59 Å². The van der Waals surface area contributed by atoms with E-state index in [1.165, 1.54) is 25.7 Å². The first kappa shape index (κ1) is 20.9. The molecule has 1 aliphatic heterocycles. The molecular weight excluding hydrogens is 302 g/mol. The summed E-state index contributed by atoms with van der Waals surface area (Å²) in [5.41, 5.74) is 5.46. The molecule has 1 rings (SSSR count). The molecule has 1 aliphatic rings. The van der Waals surface area contributed by atoms with Crippen molar-refractivity contribution < 1.29 is 9.59 Å². The SMILES string of the molecule is CCCCCCCCC(=O)N1CCC[C@@H]1C(=O)NCCCCCN. The van der Waals surface area contributed by atoms with E-state index in [1.54, 1.807) is 4.90 Å². The normalized spacial score (nSPS) is 17.2. The van der Waals surface area contributed by atoms with Crippen LogP contribution in [0, 0.1) is 0 Å². The average molecular weight is 340 g/mol. The predicted molar refractivity (Wildman–Crippen MR) is 98.6 cm³/mol. The minimum absolute atomic E-state index is 0.0246. The topological polar surface area (TPSA) is 75.4 Å². The van der Waals surface area contributed by atoms with Gasteiger partial charge in [-0.1, -0.05) is 45.4 Å². The largest absolute Gasteiger partial charge is 0.354 e. The van der Waals surface area contributed by atoms with E-state index >= 15 is 0 Å². The maximum Gasteiger partial charge on any atom is 0.242 e. The minimum Gasteiger partial charge on any atom is -0.354 e. The van der Waals surface area contributed by atoms with E-state index in [9.17, 15) is 9.59 Å². The van der Waals surface area contributed by atoms with Crippen LogP contribution in [0.2, 0.25) is 0 Å². The highest BCUT2D eigenvalue weighted by Crippen LogP contribution is 2.19. The molecule has 5 nitrogen and oxygen atoms in total. The summed E-state index contributed by atoms with van der Waals surface area (Å²) >= 11 is 0. The first-order valence-corrected chi connectivity index (χ1v) is 9.98. The third kappa shape index (κ3) is 8.13. The molecular formula is C19H37N3O2. The second-order valence-electron chi connectivity index (χ2n) is 6.90. The maximum atomic E-state index is 12.4. The fraction of sp³-hybridized carbons (Fsp3) is 0.895. The van der Waals surface area contributed by atoms with Gasteiger partial charge in [0.15, 0.2) is 0 Å². The molecule has 0 aromatic rings. The van der Waals surface area contributed by atoms with Crippen LogP contribution in [0.15, 0.2) is 0 Å². The van der Waals surface area contributed by atoms with Gasteiger partial charge in [-0.05, 0) is 38.6 Å². The summed E-state index contributed by atoms with van der Waals surface area (Å²) in [7, 11) is 0. The number of nitrogens with zero attached hydrogens (tertiary/aromatic N) is 1. The summed E-state index contributed by atoms with van der Waals surface area (Å²) in [5, 5.41) is 2.99. The van der Waals surface area contributed by atoms with Gasteiger partial charge in [-0.25, -0.2) is 0 Å². The van der Waals surface area contributed by atoms with Crippen LogP contribution in [0.5, 0.6) is 0 Å². The fourth-order valence-electron chi connectivity index (χ4n) is 3.31. The average Bonchev–Trinajstić information content (AvgIpc) is 3.07. The maximum absolute atomic E-state index is 12.4. The van der Waals surface area contributed by atoms with Gasteiger partial charge in [0, 0.05) is 19.5 Å². The lowest BCUT2D eigenvalue weighted by molar-refractivity contribution is -0.138. The van der Waals surface area contributed by atoms with Crippen molar-refractivity contribution in [2.45, 2.75) is 90.0 Å². The summed E-state index contributed by atoms with van der Waals surface area (Å²) in [6.45, 7) is 4.34. The zero-order valence-electron chi connectivity index (χ0n) is 15.5. The number of likely N-dealkylation sites (tertiary alicyclic amines) is 1. The predicted octanol–water partition coefficient (Wildman–Crippen LogP) is 2.97. The van der Waals surface area contributed by atoms with E-state index in [0.717, 1.165) is 51.5 Å². The Labute approximate surface area is 147 Å².